The lowest BCUT2D eigenvalue weighted by molar-refractivity contribution is 0.252. The topological polar surface area (TPSA) is 114 Å². The van der Waals surface area contributed by atoms with Crippen molar-refractivity contribution in [1.82, 2.24) is 24.8 Å². The molecule has 0 saturated carbocycles. The van der Waals surface area contributed by atoms with E-state index in [1.165, 1.54) is 0 Å². The normalized spacial score (nSPS) is 11.8. The minimum atomic E-state index is -0.347. The van der Waals surface area contributed by atoms with E-state index in [0.29, 0.717) is 18.0 Å². The number of aromatic amines is 1. The number of pyridine rings is 2. The van der Waals surface area contributed by atoms with Crippen molar-refractivity contribution in [3.05, 3.63) is 94.5 Å². The van der Waals surface area contributed by atoms with Gasteiger partial charge in [-0.1, -0.05) is 18.2 Å². The van der Waals surface area contributed by atoms with Gasteiger partial charge in [0.2, 0.25) is 5.95 Å². The summed E-state index contributed by atoms with van der Waals surface area (Å²) in [4.78, 5) is 37.9. The molecule has 0 aliphatic rings. The van der Waals surface area contributed by atoms with E-state index in [0.717, 1.165) is 44.9 Å². The number of nitrogens with one attached hydrogen (secondary N) is 3. The van der Waals surface area contributed by atoms with Gasteiger partial charge in [0.15, 0.2) is 0 Å². The predicted molar refractivity (Wildman–Crippen MR) is 153 cm³/mol. The first-order valence-corrected chi connectivity index (χ1v) is 12.8. The van der Waals surface area contributed by atoms with Gasteiger partial charge in [-0.25, -0.2) is 9.78 Å². The second-order valence-corrected chi connectivity index (χ2v) is 9.25. The first kappa shape index (κ1) is 25.7. The largest absolute Gasteiger partial charge is 0.497 e. The van der Waals surface area contributed by atoms with Crippen molar-refractivity contribution in [2.24, 2.45) is 0 Å². The summed E-state index contributed by atoms with van der Waals surface area (Å²) in [6.45, 7) is 6.28. The first-order chi connectivity index (χ1) is 18.9. The Balaban J connectivity index is 1.60. The molecule has 0 bridgehead atoms. The van der Waals surface area contributed by atoms with Crippen LogP contribution in [-0.4, -0.2) is 39.2 Å². The molecule has 2 aromatic carbocycles. The number of aryl methyl sites for hydroxylation is 1. The van der Waals surface area contributed by atoms with Crippen LogP contribution in [0, 0.1) is 6.92 Å². The van der Waals surface area contributed by atoms with Crippen LogP contribution in [0.5, 0.6) is 5.75 Å². The van der Waals surface area contributed by atoms with E-state index in [9.17, 15) is 9.59 Å². The summed E-state index contributed by atoms with van der Waals surface area (Å²) in [5.74, 6) is 1.07. The lowest BCUT2D eigenvalue weighted by Gasteiger charge is -2.20. The van der Waals surface area contributed by atoms with Crippen molar-refractivity contribution in [2.45, 2.75) is 26.8 Å². The summed E-state index contributed by atoms with van der Waals surface area (Å²) in [7, 11) is 1.63. The van der Waals surface area contributed by atoms with Gasteiger partial charge < -0.3 is 19.6 Å². The third-order valence-corrected chi connectivity index (χ3v) is 6.66. The second kappa shape index (κ2) is 10.8. The summed E-state index contributed by atoms with van der Waals surface area (Å²) < 4.78 is 7.15. The average Bonchev–Trinajstić information content (AvgIpc) is 3.34. The molecule has 3 heterocycles. The van der Waals surface area contributed by atoms with Gasteiger partial charge in [-0.15, -0.1) is 0 Å². The van der Waals surface area contributed by atoms with Crippen LogP contribution in [0.1, 0.15) is 31.1 Å². The third-order valence-electron chi connectivity index (χ3n) is 6.66. The van der Waals surface area contributed by atoms with Crippen LogP contribution in [-0.2, 0) is 0 Å². The van der Waals surface area contributed by atoms with E-state index < -0.39 is 0 Å². The molecule has 5 aromatic rings. The fourth-order valence-electron chi connectivity index (χ4n) is 4.80. The van der Waals surface area contributed by atoms with Crippen LogP contribution in [0.2, 0.25) is 0 Å². The maximum Gasteiger partial charge on any atom is 0.321 e. The molecule has 9 heteroatoms. The number of carbonyl (C=O) groups is 1. The number of aromatic nitrogens is 4. The van der Waals surface area contributed by atoms with Gasteiger partial charge in [-0.3, -0.25) is 15.1 Å². The zero-order valence-corrected chi connectivity index (χ0v) is 22.3. The minimum absolute atomic E-state index is 0.111. The maximum atomic E-state index is 13.5. The molecule has 0 aliphatic carbocycles. The Labute approximate surface area is 225 Å². The zero-order chi connectivity index (χ0) is 27.5. The minimum Gasteiger partial charge on any atom is -0.497 e. The molecule has 1 atom stereocenters. The Morgan fingerprint density at radius 1 is 1.08 bits per heavy atom. The highest BCUT2D eigenvalue weighted by Gasteiger charge is 2.17. The van der Waals surface area contributed by atoms with Gasteiger partial charge in [0.1, 0.15) is 5.75 Å². The number of hydrogen-bond donors (Lipinski definition) is 3. The van der Waals surface area contributed by atoms with Crippen molar-refractivity contribution in [3.63, 3.8) is 0 Å². The number of fused-ring (bicyclic) bond motifs is 1. The van der Waals surface area contributed by atoms with Crippen molar-refractivity contribution in [3.8, 4) is 28.1 Å². The fourth-order valence-corrected chi connectivity index (χ4v) is 4.80. The lowest BCUT2D eigenvalue weighted by atomic mass is 9.99. The Morgan fingerprint density at radius 3 is 2.62 bits per heavy atom. The third kappa shape index (κ3) is 5.24. The van der Waals surface area contributed by atoms with Crippen LogP contribution < -0.4 is 20.9 Å². The Hall–Kier alpha value is -4.92. The van der Waals surface area contributed by atoms with E-state index in [2.05, 4.69) is 25.6 Å². The number of H-pyrrole nitrogens is 1. The van der Waals surface area contributed by atoms with Crippen molar-refractivity contribution in [1.29, 1.82) is 0 Å². The molecular weight excluding hydrogens is 492 g/mol. The lowest BCUT2D eigenvalue weighted by Crippen LogP contribution is -2.28. The number of benzene rings is 2. The Kier molecular flexibility index (Phi) is 7.14. The average molecular weight is 523 g/mol. The van der Waals surface area contributed by atoms with Crippen LogP contribution in [0.4, 0.5) is 10.7 Å². The number of anilines is 1. The van der Waals surface area contributed by atoms with Crippen molar-refractivity contribution < 1.29 is 9.53 Å². The molecule has 39 heavy (non-hydrogen) atoms. The summed E-state index contributed by atoms with van der Waals surface area (Å²) in [5.41, 5.74) is 6.23. The van der Waals surface area contributed by atoms with Crippen molar-refractivity contribution in [2.75, 3.05) is 19.0 Å². The number of amides is 2. The number of hydrogen-bond acceptors (Lipinski definition) is 5. The summed E-state index contributed by atoms with van der Waals surface area (Å²) >= 11 is 0. The maximum absolute atomic E-state index is 13.5. The molecule has 2 amide bonds. The number of ether oxygens (including phenoxy) is 1. The van der Waals surface area contributed by atoms with Gasteiger partial charge >= 0.3 is 6.03 Å². The monoisotopic (exact) mass is 522 g/mol. The fraction of sp³-hybridized carbons (Fsp3) is 0.200. The quantitative estimate of drug-likeness (QED) is 0.260. The molecule has 0 spiro atoms. The van der Waals surface area contributed by atoms with Crippen LogP contribution in [0.25, 0.3) is 33.4 Å². The Bertz CT molecular complexity index is 1710. The molecule has 0 radical (unpaired) electrons. The zero-order valence-electron chi connectivity index (χ0n) is 22.3. The molecule has 0 unspecified atom stereocenters. The van der Waals surface area contributed by atoms with Crippen molar-refractivity contribution >= 4 is 23.0 Å². The standard InChI is InChI=1S/C30H30N6O3/c1-5-31-30(38)35-29-33-26-16-22(15-24(28(26)34-29)25-11-6-7-12-32-25)21-13-18(2)36(27(37)17-21)19(3)20-9-8-10-23(14-20)39-4/h6-17,19H,5H2,1-4H3,(H3,31,33,34,35,38)/t19-/m1/s1. The highest BCUT2D eigenvalue weighted by atomic mass is 16.5. The van der Waals surface area contributed by atoms with E-state index in [-0.39, 0.29) is 17.6 Å². The van der Waals surface area contributed by atoms with Gasteiger partial charge in [0.25, 0.3) is 5.56 Å². The molecule has 9 nitrogen and oxygen atoms in total. The number of nitrogens with zero attached hydrogens (tertiary/aromatic N) is 3. The van der Waals surface area contributed by atoms with Gasteiger partial charge in [0, 0.05) is 30.1 Å². The van der Waals surface area contributed by atoms with E-state index >= 15 is 0 Å². The number of imidazole rings is 1. The molecule has 0 aliphatic heterocycles. The summed E-state index contributed by atoms with van der Waals surface area (Å²) in [5, 5.41) is 5.43. The number of carbonyl (C=O) groups excluding carboxylic acids is 1. The van der Waals surface area contributed by atoms with Gasteiger partial charge in [-0.05, 0) is 79.9 Å². The first-order valence-electron chi connectivity index (χ1n) is 12.8. The molecule has 3 N–H and O–H groups in total. The molecule has 3 aromatic heterocycles. The molecule has 0 fully saturated rings. The molecule has 0 saturated heterocycles. The Morgan fingerprint density at radius 2 is 1.90 bits per heavy atom. The van der Waals surface area contributed by atoms with E-state index in [1.54, 1.807) is 23.9 Å². The second-order valence-electron chi connectivity index (χ2n) is 9.25. The van der Waals surface area contributed by atoms with Gasteiger partial charge in [-0.2, -0.15) is 0 Å². The van der Waals surface area contributed by atoms with Crippen LogP contribution in [0.15, 0.2) is 77.7 Å². The van der Waals surface area contributed by atoms with Crippen LogP contribution in [0.3, 0.4) is 0 Å². The van der Waals surface area contributed by atoms with E-state index in [1.807, 2.05) is 81.4 Å². The smallest absolute Gasteiger partial charge is 0.321 e. The number of methoxy groups -OCH3 is 1. The van der Waals surface area contributed by atoms with E-state index in [4.69, 9.17) is 4.74 Å². The highest BCUT2D eigenvalue weighted by Crippen LogP contribution is 2.33. The molecule has 5 rings (SSSR count). The number of urea groups is 1. The molecule has 198 valence electrons. The molecular formula is C30H30N6O3. The van der Waals surface area contributed by atoms with Gasteiger partial charge in [0.05, 0.1) is 29.9 Å². The highest BCUT2D eigenvalue weighted by molar-refractivity contribution is 5.98. The SMILES string of the molecule is CCNC(=O)Nc1nc2cc(-c3cc(C)n([C@H](C)c4cccc(OC)c4)c(=O)c3)cc(-c3ccccn3)c2[nH]1. The predicted octanol–water partition coefficient (Wildman–Crippen LogP) is 5.52. The number of rotatable bonds is 7. The summed E-state index contributed by atoms with van der Waals surface area (Å²) in [6, 6.07) is 20.4. The summed E-state index contributed by atoms with van der Waals surface area (Å²) in [6.07, 6.45) is 1.73. The van der Waals surface area contributed by atoms with Crippen LogP contribution >= 0.6 is 0 Å².